The molecule has 27 heavy (non-hydrogen) atoms. The smallest absolute Gasteiger partial charge is 0.244 e. The van der Waals surface area contributed by atoms with Gasteiger partial charge in [-0.1, -0.05) is 46.8 Å². The topological polar surface area (TPSA) is 96.4 Å². The summed E-state index contributed by atoms with van der Waals surface area (Å²) in [5.74, 6) is -0.328. The zero-order chi connectivity index (χ0) is 19.6. The highest BCUT2D eigenvalue weighted by molar-refractivity contribution is 8.01. The van der Waals surface area contributed by atoms with Crippen molar-refractivity contribution in [2.45, 2.75) is 4.34 Å². The molecule has 2 amide bonds. The Morgan fingerprint density at radius 1 is 1.33 bits per heavy atom. The summed E-state index contributed by atoms with van der Waals surface area (Å²) in [6, 6.07) is 6.93. The molecule has 0 aliphatic heterocycles. The number of likely N-dealkylation sites (N-methyl/N-ethyl adjacent to an activating group) is 1. The molecule has 1 heterocycles. The van der Waals surface area contributed by atoms with E-state index in [1.165, 1.54) is 28.0 Å². The van der Waals surface area contributed by atoms with Crippen LogP contribution in [-0.4, -0.2) is 66.5 Å². The van der Waals surface area contributed by atoms with E-state index in [9.17, 15) is 9.59 Å². The van der Waals surface area contributed by atoms with Crippen LogP contribution in [0.2, 0.25) is 5.02 Å². The SMILES string of the molecule is COCCNc1nnc(SCC(=O)N(C)CC(=O)Nc2ccccc2Cl)s1. The fourth-order valence-electron chi connectivity index (χ4n) is 1.89. The molecule has 0 atom stereocenters. The molecule has 146 valence electrons. The number of amides is 2. The number of hydrogen-bond acceptors (Lipinski definition) is 8. The maximum Gasteiger partial charge on any atom is 0.244 e. The van der Waals surface area contributed by atoms with Gasteiger partial charge in [0.15, 0.2) is 4.34 Å². The van der Waals surface area contributed by atoms with Gasteiger partial charge >= 0.3 is 0 Å². The van der Waals surface area contributed by atoms with Crippen LogP contribution in [0.1, 0.15) is 0 Å². The molecule has 2 aromatic rings. The first-order valence-corrected chi connectivity index (χ1v) is 10.1. The summed E-state index contributed by atoms with van der Waals surface area (Å²) in [5, 5.41) is 14.9. The Bertz CT molecular complexity index is 774. The first-order chi connectivity index (χ1) is 13.0. The van der Waals surface area contributed by atoms with Gasteiger partial charge in [0.25, 0.3) is 0 Å². The Labute approximate surface area is 170 Å². The number of hydrogen-bond donors (Lipinski definition) is 2. The Morgan fingerprint density at radius 3 is 2.85 bits per heavy atom. The van der Waals surface area contributed by atoms with E-state index in [1.54, 1.807) is 38.4 Å². The molecule has 0 aliphatic rings. The number of nitrogens with one attached hydrogen (secondary N) is 2. The summed E-state index contributed by atoms with van der Waals surface area (Å²) < 4.78 is 5.63. The lowest BCUT2D eigenvalue weighted by molar-refractivity contribution is -0.131. The highest BCUT2D eigenvalue weighted by Crippen LogP contribution is 2.25. The minimum Gasteiger partial charge on any atom is -0.383 e. The van der Waals surface area contributed by atoms with Crippen LogP contribution >= 0.6 is 34.7 Å². The average molecular weight is 430 g/mol. The van der Waals surface area contributed by atoms with Crippen molar-refractivity contribution >= 4 is 57.3 Å². The number of methoxy groups -OCH3 is 1. The standard InChI is InChI=1S/C16H20ClN5O3S2/c1-22(9-13(23)19-12-6-4-3-5-11(12)17)14(24)10-26-16-21-20-15(27-16)18-7-8-25-2/h3-6H,7-10H2,1-2H3,(H,18,20)(H,19,23). The van der Waals surface area contributed by atoms with Crippen LogP contribution in [0.5, 0.6) is 0 Å². The van der Waals surface area contributed by atoms with E-state index in [0.717, 1.165) is 0 Å². The third-order valence-electron chi connectivity index (χ3n) is 3.26. The van der Waals surface area contributed by atoms with Gasteiger partial charge in [-0.15, -0.1) is 10.2 Å². The molecule has 0 bridgehead atoms. The second-order valence-corrected chi connectivity index (χ2v) is 7.97. The maximum atomic E-state index is 12.2. The molecule has 1 aromatic heterocycles. The molecule has 2 N–H and O–H groups in total. The van der Waals surface area contributed by atoms with E-state index in [-0.39, 0.29) is 24.1 Å². The third kappa shape index (κ3) is 7.33. The molecule has 0 aliphatic carbocycles. The van der Waals surface area contributed by atoms with Crippen LogP contribution in [-0.2, 0) is 14.3 Å². The van der Waals surface area contributed by atoms with E-state index in [2.05, 4.69) is 20.8 Å². The Balaban J connectivity index is 1.75. The molecule has 0 unspecified atom stereocenters. The van der Waals surface area contributed by atoms with Crippen LogP contribution in [0.15, 0.2) is 28.6 Å². The summed E-state index contributed by atoms with van der Waals surface area (Å²) >= 11 is 8.65. The quantitative estimate of drug-likeness (QED) is 0.442. The second-order valence-electron chi connectivity index (χ2n) is 5.36. The van der Waals surface area contributed by atoms with Crippen molar-refractivity contribution in [3.63, 3.8) is 0 Å². The van der Waals surface area contributed by atoms with Gasteiger partial charge < -0.3 is 20.3 Å². The molecular weight excluding hydrogens is 410 g/mol. The van der Waals surface area contributed by atoms with Gasteiger partial charge in [0, 0.05) is 20.7 Å². The van der Waals surface area contributed by atoms with Crippen LogP contribution < -0.4 is 10.6 Å². The van der Waals surface area contributed by atoms with E-state index < -0.39 is 0 Å². The molecular formula is C16H20ClN5O3S2. The highest BCUT2D eigenvalue weighted by atomic mass is 35.5. The van der Waals surface area contributed by atoms with Gasteiger partial charge in [0.05, 0.1) is 29.6 Å². The third-order valence-corrected chi connectivity index (χ3v) is 5.59. The van der Waals surface area contributed by atoms with Crippen molar-refractivity contribution in [1.82, 2.24) is 15.1 Å². The van der Waals surface area contributed by atoms with Crippen molar-refractivity contribution in [3.05, 3.63) is 29.3 Å². The predicted octanol–water partition coefficient (Wildman–Crippen LogP) is 2.44. The lowest BCUT2D eigenvalue weighted by Crippen LogP contribution is -2.36. The molecule has 0 saturated heterocycles. The maximum absolute atomic E-state index is 12.2. The lowest BCUT2D eigenvalue weighted by Gasteiger charge is -2.16. The van der Waals surface area contributed by atoms with Crippen molar-refractivity contribution in [1.29, 1.82) is 0 Å². The van der Waals surface area contributed by atoms with Gasteiger partial charge in [-0.05, 0) is 12.1 Å². The monoisotopic (exact) mass is 429 g/mol. The number of carbonyl (C=O) groups is 2. The van der Waals surface area contributed by atoms with Crippen LogP contribution in [0.25, 0.3) is 0 Å². The molecule has 8 nitrogen and oxygen atoms in total. The number of ether oxygens (including phenoxy) is 1. The molecule has 0 fully saturated rings. The number of para-hydroxylation sites is 1. The number of nitrogens with zero attached hydrogens (tertiary/aromatic N) is 3. The summed E-state index contributed by atoms with van der Waals surface area (Å²) in [4.78, 5) is 25.6. The molecule has 2 rings (SSSR count). The van der Waals surface area contributed by atoms with Gasteiger partial charge in [0.2, 0.25) is 16.9 Å². The van der Waals surface area contributed by atoms with Crippen LogP contribution in [0.3, 0.4) is 0 Å². The first kappa shape index (κ1) is 21.4. The fraction of sp³-hybridized carbons (Fsp3) is 0.375. The lowest BCUT2D eigenvalue weighted by atomic mass is 10.3. The van der Waals surface area contributed by atoms with Crippen molar-refractivity contribution in [2.75, 3.05) is 50.2 Å². The summed E-state index contributed by atoms with van der Waals surface area (Å²) in [6.07, 6.45) is 0. The zero-order valence-corrected chi connectivity index (χ0v) is 17.3. The molecule has 0 radical (unpaired) electrons. The first-order valence-electron chi connectivity index (χ1n) is 7.97. The van der Waals surface area contributed by atoms with Gasteiger partial charge in [-0.25, -0.2) is 0 Å². The minimum atomic E-state index is -0.315. The van der Waals surface area contributed by atoms with Crippen molar-refractivity contribution in [2.24, 2.45) is 0 Å². The van der Waals surface area contributed by atoms with E-state index >= 15 is 0 Å². The van der Waals surface area contributed by atoms with E-state index in [0.29, 0.717) is 33.3 Å². The fourth-order valence-corrected chi connectivity index (χ4v) is 3.79. The van der Waals surface area contributed by atoms with Gasteiger partial charge in [-0.2, -0.15) is 0 Å². The van der Waals surface area contributed by atoms with Gasteiger partial charge in [0.1, 0.15) is 0 Å². The Morgan fingerprint density at radius 2 is 2.11 bits per heavy atom. The van der Waals surface area contributed by atoms with Crippen molar-refractivity contribution < 1.29 is 14.3 Å². The number of halogens is 1. The highest BCUT2D eigenvalue weighted by Gasteiger charge is 2.15. The number of carbonyl (C=O) groups excluding carboxylic acids is 2. The number of benzene rings is 1. The average Bonchev–Trinajstić information content (AvgIpc) is 3.09. The Kier molecular flexibility index (Phi) is 8.79. The number of aromatic nitrogens is 2. The summed E-state index contributed by atoms with van der Waals surface area (Å²) in [5.41, 5.74) is 0.516. The number of anilines is 2. The molecule has 11 heteroatoms. The molecule has 0 spiro atoms. The minimum absolute atomic E-state index is 0.0649. The normalized spacial score (nSPS) is 10.5. The zero-order valence-electron chi connectivity index (χ0n) is 14.9. The largest absolute Gasteiger partial charge is 0.383 e. The van der Waals surface area contributed by atoms with Gasteiger partial charge in [-0.3, -0.25) is 9.59 Å². The summed E-state index contributed by atoms with van der Waals surface area (Å²) in [7, 11) is 3.20. The number of thioether (sulfide) groups is 1. The second kappa shape index (κ2) is 11.1. The Hall–Kier alpha value is -1.88. The van der Waals surface area contributed by atoms with Crippen molar-refractivity contribution in [3.8, 4) is 0 Å². The number of rotatable bonds is 10. The van der Waals surface area contributed by atoms with E-state index in [1.807, 2.05) is 0 Å². The van der Waals surface area contributed by atoms with E-state index in [4.69, 9.17) is 16.3 Å². The predicted molar refractivity (Wildman–Crippen MR) is 109 cm³/mol. The molecule has 1 aromatic carbocycles. The summed E-state index contributed by atoms with van der Waals surface area (Å²) in [6.45, 7) is 1.14. The van der Waals surface area contributed by atoms with Crippen LogP contribution in [0.4, 0.5) is 10.8 Å². The van der Waals surface area contributed by atoms with Crippen LogP contribution in [0, 0.1) is 0 Å². The molecule has 0 saturated carbocycles.